The summed E-state index contributed by atoms with van der Waals surface area (Å²) in [5.74, 6) is -8.94. The summed E-state index contributed by atoms with van der Waals surface area (Å²) in [6.45, 7) is 13.9. The van der Waals surface area contributed by atoms with Crippen molar-refractivity contribution in [3.8, 4) is 5.75 Å². The molecule has 0 bridgehead atoms. The highest BCUT2D eigenvalue weighted by atomic mass is 16.5. The summed E-state index contributed by atoms with van der Waals surface area (Å²) in [6, 6.07) is -4.31. The molecule has 1 aliphatic rings. The molecule has 13 N–H and O–H groups in total. The second-order valence-corrected chi connectivity index (χ2v) is 21.3. The van der Waals surface area contributed by atoms with E-state index in [1.165, 1.54) is 44.0 Å². The molecular weight excluding hydrogens is 1010 g/mol. The number of unbranched alkanes of at least 4 members (excludes halogenated alkanes) is 4. The van der Waals surface area contributed by atoms with E-state index in [4.69, 9.17) is 10.5 Å². The minimum atomic E-state index is -2.15. The number of allylic oxidation sites excluding steroid dienone is 1. The van der Waals surface area contributed by atoms with E-state index in [0.717, 1.165) is 38.2 Å². The van der Waals surface area contributed by atoms with E-state index >= 15 is 0 Å². The van der Waals surface area contributed by atoms with Crippen molar-refractivity contribution in [2.75, 3.05) is 20.3 Å². The predicted molar refractivity (Wildman–Crippen MR) is 289 cm³/mol. The van der Waals surface area contributed by atoms with Gasteiger partial charge in [-0.15, -0.1) is 0 Å². The number of nitrogens with zero attached hydrogens (tertiary/aromatic N) is 1. The Morgan fingerprint density at radius 2 is 1.33 bits per heavy atom. The van der Waals surface area contributed by atoms with Crippen LogP contribution in [0.3, 0.4) is 0 Å². The highest BCUT2D eigenvalue weighted by Crippen LogP contribution is 2.19. The fourth-order valence-corrected chi connectivity index (χ4v) is 8.32. The second kappa shape index (κ2) is 33.9. The molecule has 2 rings (SSSR count). The Morgan fingerprint density at radius 1 is 0.769 bits per heavy atom. The van der Waals surface area contributed by atoms with E-state index < -0.39 is 169 Å². The number of likely N-dealkylation sites (N-methyl/N-ethyl adjacent to an activating group) is 1. The largest absolute Gasteiger partial charge is 0.508 e. The van der Waals surface area contributed by atoms with Gasteiger partial charge in [-0.05, 0) is 54.2 Å². The molecule has 438 valence electrons. The average molecular weight is 1100 g/mol. The van der Waals surface area contributed by atoms with Gasteiger partial charge in [0.05, 0.1) is 55.8 Å². The number of carbonyl (C=O) groups excluding carboxylic acids is 9. The van der Waals surface area contributed by atoms with Crippen LogP contribution in [-0.2, 0) is 54.3 Å². The van der Waals surface area contributed by atoms with Crippen molar-refractivity contribution in [2.24, 2.45) is 29.4 Å². The topological polar surface area (TPSA) is 365 Å². The van der Waals surface area contributed by atoms with Gasteiger partial charge in [-0.2, -0.15) is 0 Å². The van der Waals surface area contributed by atoms with Gasteiger partial charge in [0.15, 0.2) is 5.78 Å². The van der Waals surface area contributed by atoms with Crippen molar-refractivity contribution in [1.82, 2.24) is 36.8 Å². The Labute approximate surface area is 458 Å². The number of aliphatic hydroxyl groups excluding tert-OH is 4. The maximum atomic E-state index is 13.8. The highest BCUT2D eigenvalue weighted by Gasteiger charge is 2.39. The van der Waals surface area contributed by atoms with E-state index in [-0.39, 0.29) is 18.6 Å². The molecule has 0 aromatic heterocycles. The van der Waals surface area contributed by atoms with Crippen molar-refractivity contribution in [3.05, 3.63) is 54.1 Å². The normalized spacial score (nSPS) is 19.6. The van der Waals surface area contributed by atoms with Gasteiger partial charge in [0, 0.05) is 26.0 Å². The number of aliphatic hydroxyl groups is 4. The van der Waals surface area contributed by atoms with Crippen molar-refractivity contribution in [1.29, 1.82) is 0 Å². The molecule has 0 saturated heterocycles. The third-order valence-corrected chi connectivity index (χ3v) is 13.3. The number of phenols is 1. The Bertz CT molecular complexity index is 2200. The predicted octanol–water partition coefficient (Wildman–Crippen LogP) is 0.0758. The number of rotatable bonds is 30. The molecule has 1 aromatic rings. The van der Waals surface area contributed by atoms with Gasteiger partial charge in [0.2, 0.25) is 41.4 Å². The number of carbonyl (C=O) groups is 9. The molecular formula is C55H88N8O15. The Hall–Kier alpha value is -6.27. The molecule has 11 unspecified atom stereocenters. The van der Waals surface area contributed by atoms with Crippen LogP contribution >= 0.6 is 0 Å². The van der Waals surface area contributed by atoms with Crippen LogP contribution in [0.15, 0.2) is 48.6 Å². The summed E-state index contributed by atoms with van der Waals surface area (Å²) in [4.78, 5) is 122. The first-order chi connectivity index (χ1) is 36.6. The number of benzene rings is 1. The summed E-state index contributed by atoms with van der Waals surface area (Å²) in [5.41, 5.74) is 6.70. The zero-order valence-electron chi connectivity index (χ0n) is 46.9. The first-order valence-electron chi connectivity index (χ1n) is 26.9. The minimum Gasteiger partial charge on any atom is -0.508 e. The van der Waals surface area contributed by atoms with E-state index in [0.29, 0.717) is 5.56 Å². The smallest absolute Gasteiger partial charge is 0.329 e. The quantitative estimate of drug-likeness (QED) is 0.0276. The number of aromatic hydroxyl groups is 1. The lowest BCUT2D eigenvalue weighted by molar-refractivity contribution is -0.156. The SMILES string of the molecule is CCCCCCC=CCC(=O)NC(C(=O)NC(CO)C(O)CC(=O)NC(C(=O)C(O)C(N)C(O)CC(=O)NC(C(=O)NC1C=CC(=O)NC(C(C)C)C(=O)N(C)C(Cc2ccc(O)cc2)C(=O)OC1)C(C)C)C(C)C)C(C)C. The number of ether oxygens (including phenoxy) is 1. The molecule has 0 saturated carbocycles. The fourth-order valence-electron chi connectivity index (χ4n) is 8.32. The van der Waals surface area contributed by atoms with Gasteiger partial charge in [-0.25, -0.2) is 4.79 Å². The van der Waals surface area contributed by atoms with Crippen molar-refractivity contribution in [3.63, 3.8) is 0 Å². The Morgan fingerprint density at radius 3 is 1.90 bits per heavy atom. The number of hydrogen-bond donors (Lipinski definition) is 12. The van der Waals surface area contributed by atoms with Gasteiger partial charge in [0.25, 0.3) is 0 Å². The van der Waals surface area contributed by atoms with Crippen LogP contribution in [0.4, 0.5) is 0 Å². The lowest BCUT2D eigenvalue weighted by Gasteiger charge is -2.32. The summed E-state index contributed by atoms with van der Waals surface area (Å²) in [6.07, 6.45) is 3.93. The maximum absolute atomic E-state index is 13.8. The summed E-state index contributed by atoms with van der Waals surface area (Å²) in [7, 11) is 1.40. The third kappa shape index (κ3) is 22.6. The van der Waals surface area contributed by atoms with Gasteiger partial charge in [-0.1, -0.05) is 112 Å². The number of nitrogens with two attached hydrogens (primary N) is 1. The van der Waals surface area contributed by atoms with Crippen molar-refractivity contribution < 1.29 is 73.4 Å². The molecule has 7 amide bonds. The molecule has 78 heavy (non-hydrogen) atoms. The number of amides is 7. The maximum Gasteiger partial charge on any atom is 0.329 e. The molecule has 23 nitrogen and oxygen atoms in total. The van der Waals surface area contributed by atoms with Crippen LogP contribution in [-0.4, -0.2) is 170 Å². The van der Waals surface area contributed by atoms with E-state index in [1.807, 2.05) is 6.08 Å². The van der Waals surface area contributed by atoms with Crippen LogP contribution in [0.1, 0.15) is 119 Å². The van der Waals surface area contributed by atoms with E-state index in [1.54, 1.807) is 59.8 Å². The van der Waals surface area contributed by atoms with Crippen LogP contribution in [0.25, 0.3) is 0 Å². The van der Waals surface area contributed by atoms with Crippen LogP contribution in [0, 0.1) is 23.7 Å². The minimum absolute atomic E-state index is 0.0110. The molecule has 0 spiro atoms. The lowest BCUT2D eigenvalue weighted by atomic mass is 9.90. The molecule has 0 fully saturated rings. The zero-order chi connectivity index (χ0) is 59.0. The first-order valence-corrected chi connectivity index (χ1v) is 26.9. The van der Waals surface area contributed by atoms with E-state index in [2.05, 4.69) is 38.8 Å². The molecule has 11 atom stereocenters. The molecule has 0 aliphatic carbocycles. The van der Waals surface area contributed by atoms with Crippen LogP contribution < -0.4 is 37.6 Å². The molecule has 23 heteroatoms. The van der Waals surface area contributed by atoms with E-state index in [9.17, 15) is 68.7 Å². The monoisotopic (exact) mass is 1100 g/mol. The van der Waals surface area contributed by atoms with Gasteiger partial charge in [0.1, 0.15) is 42.6 Å². The van der Waals surface area contributed by atoms with Crippen LogP contribution in [0.2, 0.25) is 0 Å². The number of hydrogen-bond acceptors (Lipinski definition) is 16. The number of cyclic esters (lactones) is 1. The number of nitrogens with one attached hydrogen (secondary N) is 6. The van der Waals surface area contributed by atoms with Crippen LogP contribution in [0.5, 0.6) is 5.75 Å². The van der Waals surface area contributed by atoms with Crippen molar-refractivity contribution >= 4 is 53.1 Å². The third-order valence-electron chi connectivity index (χ3n) is 13.3. The standard InChI is InChI=1S/C55H88N8O15/c1-11-12-13-14-15-16-17-18-41(68)59-48(32(6)7)53(75)58-37(28-64)39(66)26-43(70)61-46(30(2)3)51(73)50(72)45(56)40(67)27-44(71)62-47(31(4)5)52(74)57-35-21-24-42(69)60-49(33(8)9)54(76)63(10)38(55(77)78-29-35)25-34-19-22-36(65)23-20-34/h16-17,19-24,30-33,35,37-40,45-50,64-67,72H,11-15,18,25-29,56H2,1-10H3,(H,57,74)(H,58,75)(H,59,68)(H,60,69)(H,61,70)(H,62,71). The Balaban J connectivity index is 2.11. The highest BCUT2D eigenvalue weighted by molar-refractivity contribution is 5.95. The van der Waals surface area contributed by atoms with Gasteiger partial charge in [-0.3, -0.25) is 38.4 Å². The number of esters is 1. The molecule has 0 radical (unpaired) electrons. The Kier molecular flexibility index (Phi) is 29.5. The number of phenolic OH excluding ortho intramolecular Hbond substituents is 1. The molecule has 1 aromatic carbocycles. The average Bonchev–Trinajstić information content (AvgIpc) is 3.38. The van der Waals surface area contributed by atoms with Gasteiger partial charge < -0.3 is 72.8 Å². The zero-order valence-corrected chi connectivity index (χ0v) is 46.9. The number of Topliss-reactive ketones (excluding diaryl/α,β-unsaturated/α-hetero) is 1. The summed E-state index contributed by atoms with van der Waals surface area (Å²) >= 11 is 0. The summed E-state index contributed by atoms with van der Waals surface area (Å²) < 4.78 is 5.63. The lowest BCUT2D eigenvalue weighted by Crippen LogP contribution is -2.58. The molecule has 1 heterocycles. The summed E-state index contributed by atoms with van der Waals surface area (Å²) in [5, 5.41) is 68.3. The molecule has 1 aliphatic heterocycles. The first kappa shape index (κ1) is 67.8. The van der Waals surface area contributed by atoms with Crippen molar-refractivity contribution in [2.45, 2.75) is 187 Å². The number of ketones is 1. The van der Waals surface area contributed by atoms with Gasteiger partial charge >= 0.3 is 5.97 Å². The fraction of sp³-hybridized carbons (Fsp3) is 0.655. The second-order valence-electron chi connectivity index (χ2n) is 21.3.